The van der Waals surface area contributed by atoms with E-state index in [0.717, 1.165) is 0 Å². The molecule has 1 unspecified atom stereocenters. The van der Waals surface area contributed by atoms with Crippen molar-refractivity contribution < 1.29 is 18.3 Å². The molecule has 0 aromatic rings. The molecule has 0 aromatic carbocycles. The molecule has 0 bridgehead atoms. The Morgan fingerprint density at radius 2 is 1.73 bits per heavy atom. The summed E-state index contributed by atoms with van der Waals surface area (Å²) in [6.07, 6.45) is -5.47. The Morgan fingerprint density at radius 3 is 2.13 bits per heavy atom. The van der Waals surface area contributed by atoms with E-state index in [1.54, 1.807) is 0 Å². The normalized spacial score (nSPS) is 15.4. The van der Waals surface area contributed by atoms with Crippen LogP contribution < -0.4 is 5.32 Å². The molecule has 92 valence electrons. The van der Waals surface area contributed by atoms with Crippen molar-refractivity contribution in [1.29, 1.82) is 0 Å². The first-order chi connectivity index (χ1) is 6.60. The van der Waals surface area contributed by atoms with Crippen LogP contribution in [0, 0.1) is 0 Å². The van der Waals surface area contributed by atoms with E-state index in [1.165, 1.54) is 0 Å². The Morgan fingerprint density at radius 1 is 1.20 bits per heavy atom. The Hall–Kier alpha value is -0.290. The van der Waals surface area contributed by atoms with Gasteiger partial charge in [-0.2, -0.15) is 13.2 Å². The van der Waals surface area contributed by atoms with Gasteiger partial charge in [0.2, 0.25) is 0 Å². The van der Waals surface area contributed by atoms with Gasteiger partial charge in [0.15, 0.2) is 0 Å². The largest absolute Gasteiger partial charge is 0.392 e. The maximum Gasteiger partial charge on any atom is 0.389 e. The Balaban J connectivity index is 3.54. The summed E-state index contributed by atoms with van der Waals surface area (Å²) >= 11 is 0. The summed E-state index contributed by atoms with van der Waals surface area (Å²) in [7, 11) is 0. The zero-order chi connectivity index (χ0) is 12.1. The fraction of sp³-hybridized carbons (Fsp3) is 1.00. The quantitative estimate of drug-likeness (QED) is 0.756. The lowest BCUT2D eigenvalue weighted by atomic mass is 10.1. The smallest absolute Gasteiger partial charge is 0.389 e. The molecule has 0 aliphatic carbocycles. The van der Waals surface area contributed by atoms with Crippen LogP contribution in [0.1, 0.15) is 40.0 Å². The zero-order valence-corrected chi connectivity index (χ0v) is 9.49. The van der Waals surface area contributed by atoms with Gasteiger partial charge in [0.25, 0.3) is 0 Å². The Kier molecular flexibility index (Phi) is 5.59. The number of alkyl halides is 3. The molecule has 0 saturated carbocycles. The predicted octanol–water partition coefficient (Wildman–Crippen LogP) is 2.47. The highest BCUT2D eigenvalue weighted by Crippen LogP contribution is 2.22. The van der Waals surface area contributed by atoms with Gasteiger partial charge < -0.3 is 10.4 Å². The van der Waals surface area contributed by atoms with Crippen molar-refractivity contribution in [3.8, 4) is 0 Å². The molecule has 0 rings (SSSR count). The molecular weight excluding hydrogens is 207 g/mol. The van der Waals surface area contributed by atoms with Crippen LogP contribution in [0.15, 0.2) is 0 Å². The van der Waals surface area contributed by atoms with Crippen LogP contribution in [0.3, 0.4) is 0 Å². The minimum absolute atomic E-state index is 0.0174. The summed E-state index contributed by atoms with van der Waals surface area (Å²) in [4.78, 5) is 0. The summed E-state index contributed by atoms with van der Waals surface area (Å²) in [5.41, 5.74) is -0.120. The number of rotatable bonds is 5. The van der Waals surface area contributed by atoms with Crippen LogP contribution in [-0.4, -0.2) is 29.5 Å². The maximum atomic E-state index is 11.8. The van der Waals surface area contributed by atoms with Crippen molar-refractivity contribution in [1.82, 2.24) is 5.32 Å². The highest BCUT2D eigenvalue weighted by molar-refractivity contribution is 4.72. The van der Waals surface area contributed by atoms with Crippen LogP contribution in [-0.2, 0) is 0 Å². The van der Waals surface area contributed by atoms with Crippen molar-refractivity contribution >= 4 is 0 Å². The van der Waals surface area contributed by atoms with E-state index >= 15 is 0 Å². The van der Waals surface area contributed by atoms with Crippen LogP contribution >= 0.6 is 0 Å². The number of hydrogen-bond acceptors (Lipinski definition) is 2. The monoisotopic (exact) mass is 227 g/mol. The van der Waals surface area contributed by atoms with Gasteiger partial charge in [-0.1, -0.05) is 0 Å². The van der Waals surface area contributed by atoms with Gasteiger partial charge in [0, 0.05) is 18.5 Å². The van der Waals surface area contributed by atoms with Gasteiger partial charge in [0.05, 0.1) is 6.10 Å². The topological polar surface area (TPSA) is 32.3 Å². The Labute approximate surface area is 88.9 Å². The van der Waals surface area contributed by atoms with E-state index in [9.17, 15) is 18.3 Å². The summed E-state index contributed by atoms with van der Waals surface area (Å²) < 4.78 is 35.4. The van der Waals surface area contributed by atoms with Crippen LogP contribution in [0.2, 0.25) is 0 Å². The molecule has 0 aromatic heterocycles. The van der Waals surface area contributed by atoms with E-state index in [-0.39, 0.29) is 18.4 Å². The molecule has 5 heteroatoms. The number of aliphatic hydroxyl groups excluding tert-OH is 1. The van der Waals surface area contributed by atoms with Gasteiger partial charge in [0.1, 0.15) is 0 Å². The first-order valence-corrected chi connectivity index (χ1v) is 5.10. The predicted molar refractivity (Wildman–Crippen MR) is 53.7 cm³/mol. The Bertz CT molecular complexity index is 174. The van der Waals surface area contributed by atoms with Crippen molar-refractivity contribution in [2.75, 3.05) is 6.54 Å². The van der Waals surface area contributed by atoms with Crippen molar-refractivity contribution in [2.24, 2.45) is 0 Å². The second-order valence-corrected chi connectivity index (χ2v) is 4.79. The zero-order valence-electron chi connectivity index (χ0n) is 9.49. The summed E-state index contributed by atoms with van der Waals surface area (Å²) in [6.45, 7) is 6.15. The van der Waals surface area contributed by atoms with Crippen LogP contribution in [0.25, 0.3) is 0 Å². The molecule has 2 N–H and O–H groups in total. The SMILES string of the molecule is CC(C)(C)NCC(O)CCCC(F)(F)F. The molecule has 0 amide bonds. The number of hydrogen-bond donors (Lipinski definition) is 2. The highest BCUT2D eigenvalue weighted by Gasteiger charge is 2.26. The van der Waals surface area contributed by atoms with Gasteiger partial charge >= 0.3 is 6.18 Å². The average Bonchev–Trinajstić information content (AvgIpc) is 1.97. The first kappa shape index (κ1) is 14.7. The molecule has 1 atom stereocenters. The van der Waals surface area contributed by atoms with E-state index < -0.39 is 18.7 Å². The average molecular weight is 227 g/mol. The van der Waals surface area contributed by atoms with Gasteiger partial charge in [-0.25, -0.2) is 0 Å². The molecule has 0 heterocycles. The standard InChI is InChI=1S/C10H20F3NO/c1-9(2,3)14-7-8(15)5-4-6-10(11,12)13/h8,14-15H,4-7H2,1-3H3. The molecule has 0 radical (unpaired) electrons. The van der Waals surface area contributed by atoms with Crippen molar-refractivity contribution in [2.45, 2.75) is 57.9 Å². The van der Waals surface area contributed by atoms with E-state index in [4.69, 9.17) is 0 Å². The molecule has 0 fully saturated rings. The first-order valence-electron chi connectivity index (χ1n) is 5.10. The number of halogens is 3. The van der Waals surface area contributed by atoms with Gasteiger partial charge in [-0.3, -0.25) is 0 Å². The maximum absolute atomic E-state index is 11.8. The fourth-order valence-electron chi connectivity index (χ4n) is 1.06. The van der Waals surface area contributed by atoms with E-state index in [0.29, 0.717) is 6.54 Å². The molecule has 0 aliphatic heterocycles. The third-order valence-corrected chi connectivity index (χ3v) is 1.87. The molecule has 0 saturated heterocycles. The number of β-amino-alcohol motifs (C(OH)–C–C–N with tert-alkyl or cyclic N) is 1. The lowest BCUT2D eigenvalue weighted by Crippen LogP contribution is -2.40. The van der Waals surface area contributed by atoms with E-state index in [2.05, 4.69) is 5.32 Å². The molecule has 15 heavy (non-hydrogen) atoms. The van der Waals surface area contributed by atoms with Crippen LogP contribution in [0.4, 0.5) is 13.2 Å². The summed E-state index contributed by atoms with van der Waals surface area (Å²) in [5.74, 6) is 0. The van der Waals surface area contributed by atoms with E-state index in [1.807, 2.05) is 20.8 Å². The number of aliphatic hydroxyl groups is 1. The van der Waals surface area contributed by atoms with Gasteiger partial charge in [-0.05, 0) is 33.6 Å². The van der Waals surface area contributed by atoms with Crippen LogP contribution in [0.5, 0.6) is 0 Å². The summed E-state index contributed by atoms with van der Waals surface area (Å²) in [5, 5.41) is 12.4. The third kappa shape index (κ3) is 11.6. The van der Waals surface area contributed by atoms with Crippen molar-refractivity contribution in [3.63, 3.8) is 0 Å². The molecule has 0 spiro atoms. The minimum atomic E-state index is -4.11. The fourth-order valence-corrected chi connectivity index (χ4v) is 1.06. The summed E-state index contributed by atoms with van der Waals surface area (Å²) in [6, 6.07) is 0. The minimum Gasteiger partial charge on any atom is -0.392 e. The van der Waals surface area contributed by atoms with Gasteiger partial charge in [-0.15, -0.1) is 0 Å². The lowest BCUT2D eigenvalue weighted by molar-refractivity contribution is -0.136. The molecular formula is C10H20F3NO. The molecule has 2 nitrogen and oxygen atoms in total. The lowest BCUT2D eigenvalue weighted by Gasteiger charge is -2.22. The van der Waals surface area contributed by atoms with Crippen molar-refractivity contribution in [3.05, 3.63) is 0 Å². The second-order valence-electron chi connectivity index (χ2n) is 4.79. The third-order valence-electron chi connectivity index (χ3n) is 1.87. The second kappa shape index (κ2) is 5.70. The number of nitrogens with one attached hydrogen (secondary N) is 1. The highest BCUT2D eigenvalue weighted by atomic mass is 19.4. The molecule has 0 aliphatic rings.